The number of cyclic esters (lactones) is 1. The molecule has 0 saturated heterocycles. The maximum Gasteiger partial charge on any atom is 0.342 e. The first-order chi connectivity index (χ1) is 13.8. The monoisotopic (exact) mass is 417 g/mol. The molecular formula is C21H20ClNO6. The van der Waals surface area contributed by atoms with E-state index in [1.54, 1.807) is 6.92 Å². The minimum atomic E-state index is -0.990. The zero-order valence-electron chi connectivity index (χ0n) is 15.9. The topological polar surface area (TPSA) is 102 Å². The first-order valence-electron chi connectivity index (χ1n) is 8.99. The fourth-order valence-corrected chi connectivity index (χ4v) is 3.54. The number of hydrogen-bond acceptors (Lipinski definition) is 6. The van der Waals surface area contributed by atoms with Gasteiger partial charge in [-0.25, -0.2) is 9.59 Å². The quantitative estimate of drug-likeness (QED) is 0.725. The number of benzene rings is 2. The van der Waals surface area contributed by atoms with Gasteiger partial charge in [0.25, 0.3) is 5.91 Å². The number of esters is 2. The van der Waals surface area contributed by atoms with Crippen LogP contribution in [0.15, 0.2) is 36.4 Å². The molecule has 1 aliphatic heterocycles. The second-order valence-corrected chi connectivity index (χ2v) is 7.17. The molecule has 1 heterocycles. The average Bonchev–Trinajstić information content (AvgIpc) is 2.69. The van der Waals surface area contributed by atoms with E-state index in [1.807, 2.05) is 30.3 Å². The Labute approximate surface area is 172 Å². The third-order valence-electron chi connectivity index (χ3n) is 4.68. The van der Waals surface area contributed by atoms with Crippen molar-refractivity contribution >= 4 is 29.4 Å². The Bertz CT molecular complexity index is 959. The van der Waals surface area contributed by atoms with E-state index >= 15 is 0 Å². The lowest BCUT2D eigenvalue weighted by Crippen LogP contribution is -2.43. The number of carbonyl (C=O) groups excluding carboxylic acids is 3. The van der Waals surface area contributed by atoms with Crippen LogP contribution in [0.3, 0.4) is 0 Å². The number of carbonyl (C=O) groups is 3. The van der Waals surface area contributed by atoms with Gasteiger partial charge in [0.15, 0.2) is 0 Å². The Hall–Kier alpha value is -3.06. The summed E-state index contributed by atoms with van der Waals surface area (Å²) in [6.07, 6.45) is 0.132. The van der Waals surface area contributed by atoms with Gasteiger partial charge in [0.2, 0.25) is 0 Å². The molecule has 2 N–H and O–H groups in total. The molecule has 152 valence electrons. The molecule has 0 aromatic heterocycles. The van der Waals surface area contributed by atoms with Crippen molar-refractivity contribution < 1.29 is 29.0 Å². The minimum absolute atomic E-state index is 0.126. The molecule has 0 radical (unpaired) electrons. The predicted molar refractivity (Wildman–Crippen MR) is 105 cm³/mol. The molecule has 2 unspecified atom stereocenters. The predicted octanol–water partition coefficient (Wildman–Crippen LogP) is 2.66. The van der Waals surface area contributed by atoms with Gasteiger partial charge in [-0.2, -0.15) is 0 Å². The van der Waals surface area contributed by atoms with Gasteiger partial charge >= 0.3 is 11.9 Å². The Morgan fingerprint density at radius 3 is 2.69 bits per heavy atom. The second-order valence-electron chi connectivity index (χ2n) is 6.77. The number of phenols is 1. The van der Waals surface area contributed by atoms with Crippen LogP contribution in [0.25, 0.3) is 0 Å². The zero-order valence-corrected chi connectivity index (χ0v) is 16.7. The minimum Gasteiger partial charge on any atom is -0.506 e. The van der Waals surface area contributed by atoms with Gasteiger partial charge in [-0.15, -0.1) is 0 Å². The van der Waals surface area contributed by atoms with Gasteiger partial charge < -0.3 is 19.9 Å². The van der Waals surface area contributed by atoms with Crippen LogP contribution in [0.1, 0.15) is 38.8 Å². The molecule has 3 rings (SSSR count). The summed E-state index contributed by atoms with van der Waals surface area (Å²) in [6.45, 7) is 1.71. The molecule has 7 nitrogen and oxygen atoms in total. The third kappa shape index (κ3) is 4.35. The van der Waals surface area contributed by atoms with Crippen molar-refractivity contribution in [2.45, 2.75) is 31.9 Å². The van der Waals surface area contributed by atoms with Crippen molar-refractivity contribution in [3.05, 3.63) is 63.7 Å². The summed E-state index contributed by atoms with van der Waals surface area (Å²) >= 11 is 6.26. The Morgan fingerprint density at radius 2 is 2.03 bits per heavy atom. The second kappa shape index (κ2) is 8.53. The summed E-state index contributed by atoms with van der Waals surface area (Å²) in [4.78, 5) is 37.2. The molecule has 2 aromatic carbocycles. The summed E-state index contributed by atoms with van der Waals surface area (Å²) < 4.78 is 9.91. The van der Waals surface area contributed by atoms with Crippen LogP contribution in [0, 0.1) is 0 Å². The molecule has 2 atom stereocenters. The number of amides is 1. The molecule has 0 saturated carbocycles. The Kier molecular flexibility index (Phi) is 6.08. The number of ether oxygens (including phenoxy) is 2. The largest absolute Gasteiger partial charge is 0.506 e. The highest BCUT2D eigenvalue weighted by molar-refractivity contribution is 6.32. The van der Waals surface area contributed by atoms with Crippen molar-refractivity contribution in [1.29, 1.82) is 0 Å². The fraction of sp³-hybridized carbons (Fsp3) is 0.286. The van der Waals surface area contributed by atoms with Gasteiger partial charge in [0, 0.05) is 17.9 Å². The standard InChI is InChI=1S/C21H20ClNO6/c1-11-8-13-15(22)10-14(18(24)17(13)21(27)29-11)19(25)23-16(20(26)28-2)9-12-6-4-3-5-7-12/h3-7,10-11,16,24H,8-9H2,1-2H3,(H,23,25). The smallest absolute Gasteiger partial charge is 0.342 e. The van der Waals surface area contributed by atoms with E-state index in [4.69, 9.17) is 21.1 Å². The summed E-state index contributed by atoms with van der Waals surface area (Å²) in [6, 6.07) is 9.38. The average molecular weight is 418 g/mol. The Morgan fingerprint density at radius 1 is 1.34 bits per heavy atom. The van der Waals surface area contributed by atoms with Gasteiger partial charge in [-0.1, -0.05) is 41.9 Å². The number of rotatable bonds is 5. The van der Waals surface area contributed by atoms with Crippen LogP contribution in [0.5, 0.6) is 5.75 Å². The number of hydrogen-bond donors (Lipinski definition) is 2. The van der Waals surface area contributed by atoms with Gasteiger partial charge in [0.1, 0.15) is 23.5 Å². The van der Waals surface area contributed by atoms with Gasteiger partial charge in [-0.05, 0) is 24.1 Å². The molecule has 29 heavy (non-hydrogen) atoms. The first kappa shape index (κ1) is 20.7. The molecule has 1 amide bonds. The zero-order chi connectivity index (χ0) is 21.1. The van der Waals surface area contributed by atoms with Crippen LogP contribution in [0.2, 0.25) is 5.02 Å². The number of nitrogens with one attached hydrogen (secondary N) is 1. The normalized spacial score (nSPS) is 16.4. The summed E-state index contributed by atoms with van der Waals surface area (Å²) in [5, 5.41) is 13.3. The molecule has 2 aromatic rings. The third-order valence-corrected chi connectivity index (χ3v) is 5.01. The van der Waals surface area contributed by atoms with Crippen LogP contribution < -0.4 is 5.32 Å². The summed E-state index contributed by atoms with van der Waals surface area (Å²) in [7, 11) is 1.22. The lowest BCUT2D eigenvalue weighted by molar-refractivity contribution is -0.142. The highest BCUT2D eigenvalue weighted by Gasteiger charge is 2.33. The van der Waals surface area contributed by atoms with E-state index in [1.165, 1.54) is 13.2 Å². The van der Waals surface area contributed by atoms with Crippen molar-refractivity contribution in [3.8, 4) is 5.75 Å². The fourth-order valence-electron chi connectivity index (χ4n) is 3.26. The molecule has 0 spiro atoms. The van der Waals surface area contributed by atoms with Crippen LogP contribution in [0.4, 0.5) is 0 Å². The molecule has 0 bridgehead atoms. The van der Waals surface area contributed by atoms with Crippen LogP contribution in [-0.2, 0) is 27.1 Å². The maximum atomic E-state index is 12.8. The molecule has 0 aliphatic carbocycles. The summed E-state index contributed by atoms with van der Waals surface area (Å²) in [5.41, 5.74) is 0.896. The number of fused-ring (bicyclic) bond motifs is 1. The van der Waals surface area contributed by atoms with Crippen molar-refractivity contribution in [2.24, 2.45) is 0 Å². The summed E-state index contributed by atoms with van der Waals surface area (Å²) in [5.74, 6) is -2.67. The number of phenolic OH excluding ortho intramolecular Hbond substituents is 1. The van der Waals surface area contributed by atoms with Gasteiger partial charge in [0.05, 0.1) is 12.7 Å². The molecular weight excluding hydrogens is 398 g/mol. The van der Waals surface area contributed by atoms with E-state index in [0.29, 0.717) is 12.0 Å². The number of halogens is 1. The lowest BCUT2D eigenvalue weighted by atomic mass is 9.95. The molecule has 8 heteroatoms. The van der Waals surface area contributed by atoms with Crippen molar-refractivity contribution in [2.75, 3.05) is 7.11 Å². The van der Waals surface area contributed by atoms with E-state index in [2.05, 4.69) is 5.32 Å². The van der Waals surface area contributed by atoms with Crippen LogP contribution in [-0.4, -0.2) is 42.2 Å². The van der Waals surface area contributed by atoms with Crippen molar-refractivity contribution in [3.63, 3.8) is 0 Å². The highest BCUT2D eigenvalue weighted by atomic mass is 35.5. The van der Waals surface area contributed by atoms with E-state index in [9.17, 15) is 19.5 Å². The van der Waals surface area contributed by atoms with E-state index in [0.717, 1.165) is 5.56 Å². The van der Waals surface area contributed by atoms with Gasteiger partial charge in [-0.3, -0.25) is 4.79 Å². The lowest BCUT2D eigenvalue weighted by Gasteiger charge is -2.24. The van der Waals surface area contributed by atoms with E-state index in [-0.39, 0.29) is 28.7 Å². The van der Waals surface area contributed by atoms with Crippen molar-refractivity contribution in [1.82, 2.24) is 5.32 Å². The molecule has 1 aliphatic rings. The Balaban J connectivity index is 1.91. The maximum absolute atomic E-state index is 12.8. The van der Waals surface area contributed by atoms with E-state index < -0.39 is 29.6 Å². The first-order valence-corrected chi connectivity index (χ1v) is 9.37. The number of aromatic hydroxyl groups is 1. The SMILES string of the molecule is COC(=O)C(Cc1ccccc1)NC(=O)c1cc(Cl)c2c(c1O)C(=O)OC(C)C2. The highest BCUT2D eigenvalue weighted by Crippen LogP contribution is 2.36. The number of methoxy groups -OCH3 is 1. The molecule has 0 fully saturated rings. The van der Waals surface area contributed by atoms with Crippen LogP contribution >= 0.6 is 11.6 Å².